The number of nitrogens with zero attached hydrogens (tertiary/aromatic N) is 2. The normalized spacial score (nSPS) is 14.6. The molecule has 2 aromatic rings. The van der Waals surface area contributed by atoms with Crippen LogP contribution in [-0.4, -0.2) is 29.0 Å². The third-order valence-electron chi connectivity index (χ3n) is 3.52. The molecule has 4 heteroatoms. The topological polar surface area (TPSA) is 37.8 Å². The quantitative estimate of drug-likeness (QED) is 0.832. The Labute approximate surface area is 115 Å². The Bertz CT molecular complexity index is 494. The van der Waals surface area contributed by atoms with Gasteiger partial charge in [0.25, 0.3) is 0 Å². The molecular weight excluding hydrogens is 289 g/mol. The van der Waals surface area contributed by atoms with Crippen LogP contribution >= 0.6 is 0 Å². The molecule has 2 unspecified atom stereocenters. The average molecular weight is 310 g/mol. The second-order valence-electron chi connectivity index (χ2n) is 4.94. The molecule has 0 spiro atoms. The summed E-state index contributed by atoms with van der Waals surface area (Å²) in [5.41, 5.74) is 3.28. The molecular formula is C14H21N3Se. The summed E-state index contributed by atoms with van der Waals surface area (Å²) in [6.45, 7) is 6.82. The molecule has 0 saturated carbocycles. The van der Waals surface area contributed by atoms with E-state index in [0.717, 1.165) is 29.1 Å². The Hall–Kier alpha value is -0.861. The Balaban J connectivity index is 2.13. The summed E-state index contributed by atoms with van der Waals surface area (Å²) in [6, 6.07) is 6.78. The minimum absolute atomic E-state index is 0.0541. The zero-order valence-electron chi connectivity index (χ0n) is 11.3. The van der Waals surface area contributed by atoms with E-state index in [1.54, 1.807) is 0 Å². The van der Waals surface area contributed by atoms with Gasteiger partial charge in [-0.3, -0.25) is 0 Å². The number of nitrogens with one attached hydrogen (secondary N) is 1. The fourth-order valence-corrected chi connectivity index (χ4v) is 3.28. The summed E-state index contributed by atoms with van der Waals surface area (Å²) in [4.78, 5) is 0. The van der Waals surface area contributed by atoms with Crippen LogP contribution in [0.3, 0.4) is 0 Å². The van der Waals surface area contributed by atoms with Gasteiger partial charge in [0.15, 0.2) is 0 Å². The summed E-state index contributed by atoms with van der Waals surface area (Å²) >= 11 is 0.0541. The first-order valence-corrected chi connectivity index (χ1v) is 8.25. The zero-order valence-corrected chi connectivity index (χ0v) is 13.0. The van der Waals surface area contributed by atoms with Crippen molar-refractivity contribution in [3.05, 3.63) is 18.2 Å². The number of aromatic nitrogens is 2. The van der Waals surface area contributed by atoms with E-state index in [4.69, 9.17) is 0 Å². The van der Waals surface area contributed by atoms with Crippen molar-refractivity contribution in [1.82, 2.24) is 7.96 Å². The Kier molecular flexibility index (Phi) is 4.79. The maximum atomic E-state index is 4.52. The first-order valence-electron chi connectivity index (χ1n) is 6.72. The molecule has 18 heavy (non-hydrogen) atoms. The van der Waals surface area contributed by atoms with Gasteiger partial charge in [0.2, 0.25) is 0 Å². The van der Waals surface area contributed by atoms with Gasteiger partial charge in [-0.25, -0.2) is 0 Å². The number of fused-ring (bicyclic) bond motifs is 1. The summed E-state index contributed by atoms with van der Waals surface area (Å²) < 4.78 is 8.95. The second-order valence-corrected chi connectivity index (χ2v) is 6.04. The number of benzene rings is 1. The van der Waals surface area contributed by atoms with Crippen LogP contribution in [0.4, 0.5) is 5.69 Å². The van der Waals surface area contributed by atoms with Gasteiger partial charge in [-0.15, -0.1) is 0 Å². The fraction of sp³-hybridized carbons (Fsp3) is 0.571. The molecule has 98 valence electrons. The molecule has 0 saturated heterocycles. The van der Waals surface area contributed by atoms with Crippen LogP contribution in [0.1, 0.15) is 40.0 Å². The van der Waals surface area contributed by atoms with Gasteiger partial charge in [0, 0.05) is 0 Å². The van der Waals surface area contributed by atoms with E-state index in [9.17, 15) is 0 Å². The third-order valence-corrected chi connectivity index (χ3v) is 4.66. The molecule has 0 fully saturated rings. The SMILES string of the molecule is CCC(C)CC(CC)Nc1cccc2n[se]nc12. The number of anilines is 1. The summed E-state index contributed by atoms with van der Waals surface area (Å²) in [6.07, 6.45) is 3.61. The van der Waals surface area contributed by atoms with Crippen molar-refractivity contribution in [2.75, 3.05) is 5.32 Å². The van der Waals surface area contributed by atoms with E-state index in [1.807, 2.05) is 6.07 Å². The van der Waals surface area contributed by atoms with E-state index >= 15 is 0 Å². The number of rotatable bonds is 6. The van der Waals surface area contributed by atoms with Crippen molar-refractivity contribution in [3.63, 3.8) is 0 Å². The minimum atomic E-state index is 0.0541. The Morgan fingerprint density at radius 2 is 2.06 bits per heavy atom. The van der Waals surface area contributed by atoms with Crippen molar-refractivity contribution in [2.45, 2.75) is 46.1 Å². The van der Waals surface area contributed by atoms with Crippen LogP contribution in [0.15, 0.2) is 18.2 Å². The molecule has 0 aliphatic heterocycles. The standard InChI is InChI=1S/C14H21N3Se/c1-4-10(3)9-11(5-2)15-12-7-6-8-13-14(12)17-18-16-13/h6-8,10-11,15H,4-5,9H2,1-3H3. The van der Waals surface area contributed by atoms with Crippen molar-refractivity contribution in [3.8, 4) is 0 Å². The zero-order chi connectivity index (χ0) is 13.0. The Morgan fingerprint density at radius 1 is 1.22 bits per heavy atom. The molecule has 1 aromatic heterocycles. The molecule has 0 aliphatic rings. The Morgan fingerprint density at radius 3 is 2.78 bits per heavy atom. The van der Waals surface area contributed by atoms with Crippen molar-refractivity contribution in [1.29, 1.82) is 0 Å². The molecule has 0 radical (unpaired) electrons. The van der Waals surface area contributed by atoms with E-state index in [-0.39, 0.29) is 15.0 Å². The van der Waals surface area contributed by atoms with Crippen LogP contribution in [0.2, 0.25) is 0 Å². The van der Waals surface area contributed by atoms with Crippen LogP contribution in [0, 0.1) is 5.92 Å². The van der Waals surface area contributed by atoms with Crippen LogP contribution in [0.5, 0.6) is 0 Å². The molecule has 1 N–H and O–H groups in total. The van der Waals surface area contributed by atoms with E-state index in [2.05, 4.69) is 46.2 Å². The van der Waals surface area contributed by atoms with Gasteiger partial charge in [0.05, 0.1) is 0 Å². The van der Waals surface area contributed by atoms with E-state index in [0.29, 0.717) is 6.04 Å². The van der Waals surface area contributed by atoms with Gasteiger partial charge >= 0.3 is 115 Å². The molecule has 2 rings (SSSR count). The molecule has 0 bridgehead atoms. The number of hydrogen-bond acceptors (Lipinski definition) is 3. The molecule has 3 nitrogen and oxygen atoms in total. The molecule has 1 aromatic carbocycles. The second kappa shape index (κ2) is 6.35. The van der Waals surface area contributed by atoms with Gasteiger partial charge < -0.3 is 0 Å². The van der Waals surface area contributed by atoms with Gasteiger partial charge in [-0.2, -0.15) is 0 Å². The van der Waals surface area contributed by atoms with Crippen LogP contribution in [-0.2, 0) is 0 Å². The van der Waals surface area contributed by atoms with Crippen LogP contribution in [0.25, 0.3) is 11.0 Å². The summed E-state index contributed by atoms with van der Waals surface area (Å²) in [5.74, 6) is 0.769. The first kappa shape index (κ1) is 13.6. The predicted octanol–water partition coefficient (Wildman–Crippen LogP) is 3.31. The molecule has 1 heterocycles. The average Bonchev–Trinajstić information content (AvgIpc) is 2.87. The van der Waals surface area contributed by atoms with Gasteiger partial charge in [-0.1, -0.05) is 0 Å². The monoisotopic (exact) mass is 311 g/mol. The maximum absolute atomic E-state index is 4.52. The van der Waals surface area contributed by atoms with Crippen LogP contribution < -0.4 is 5.32 Å². The molecule has 0 amide bonds. The van der Waals surface area contributed by atoms with E-state index in [1.165, 1.54) is 12.8 Å². The predicted molar refractivity (Wildman–Crippen MR) is 78.3 cm³/mol. The van der Waals surface area contributed by atoms with E-state index < -0.39 is 0 Å². The fourth-order valence-electron chi connectivity index (χ4n) is 2.12. The summed E-state index contributed by atoms with van der Waals surface area (Å²) in [7, 11) is 0. The van der Waals surface area contributed by atoms with Crippen molar-refractivity contribution >= 4 is 31.7 Å². The van der Waals surface area contributed by atoms with Gasteiger partial charge in [-0.05, 0) is 0 Å². The third kappa shape index (κ3) is 3.12. The van der Waals surface area contributed by atoms with Crippen molar-refractivity contribution in [2.24, 2.45) is 5.92 Å². The number of hydrogen-bond donors (Lipinski definition) is 1. The summed E-state index contributed by atoms with van der Waals surface area (Å²) in [5, 5.41) is 3.65. The first-order chi connectivity index (χ1) is 8.74. The molecule has 0 aliphatic carbocycles. The van der Waals surface area contributed by atoms with Crippen molar-refractivity contribution < 1.29 is 0 Å². The molecule has 2 atom stereocenters. The van der Waals surface area contributed by atoms with Gasteiger partial charge in [0.1, 0.15) is 0 Å².